The van der Waals surface area contributed by atoms with Crippen molar-refractivity contribution in [3.63, 3.8) is 0 Å². The molecule has 124 heavy (non-hydrogen) atoms. The Morgan fingerprint density at radius 3 is 0.750 bits per heavy atom. The number of aromatic hydroxyl groups is 2. The molecule has 1 aliphatic rings. The minimum Gasteiger partial charge on any atom is -0.507 e. The molecule has 0 radical (unpaired) electrons. The average Bonchev–Trinajstić information content (AvgIpc) is 1.58. The lowest BCUT2D eigenvalue weighted by Crippen LogP contribution is -2.34. The van der Waals surface area contributed by atoms with Gasteiger partial charge in [-0.05, 0) is 57.6 Å². The fourth-order valence-electron chi connectivity index (χ4n) is 12.8. The second kappa shape index (κ2) is 38.3. The predicted octanol–water partition coefficient (Wildman–Crippen LogP) is 19.5. The molecule has 0 aromatic heterocycles. The lowest BCUT2D eigenvalue weighted by molar-refractivity contribution is -0.0586. The van der Waals surface area contributed by atoms with Gasteiger partial charge in [0.05, 0.1) is 0 Å². The Hall–Kier alpha value is -12.1. The van der Waals surface area contributed by atoms with Gasteiger partial charge in [-0.3, -0.25) is 0 Å². The molecule has 0 aliphatic carbocycles. The predicted molar refractivity (Wildman–Crippen MR) is 457 cm³/mol. The molecule has 0 atom stereocenters. The maximum Gasteiger partial charge on any atom is 0.534 e. The highest BCUT2D eigenvalue weighted by atomic mass is 32.3. The maximum atomic E-state index is 15.4. The van der Waals surface area contributed by atoms with Crippen molar-refractivity contribution in [2.24, 2.45) is 0 Å². The number of phenols is 2. The standard InChI is InChI=1S/C36H28O2P2.C24H17OP.C14H8F6O6S2.C12H10O2.C2F6O5S2.CH4/c37-39(29-17-5-1-6-18-29,30-19-7-2-8-20-30)35-27-15-13-25-33(35)34-26-14-16-28-36(34)40(38,31-21-9-3-10-22-31)32-23-11-4-12-24-32;25-26(18-10-2-1-3-11-18)23-16-8-6-14-21(23)19-12-4-5-13-20(19)22-15-7-9-17-24(22)26;15-13(16,17)27(21,22)25-11-7-3-1-5-9(11)10-6-2-4-8-12(10)26-28(23,24)14(18,19)20;13-11-7-3-1-5-9(11)10-6-2-4-8-12(10)14;3-1(4,5)14(9,10)13-15(11,12)2(6,7)8;/h1-28H;1-17H;1-8H;1-8,13-14H;;1H4. The SMILES string of the molecule is C.O=P(c1ccccc1)(c1ccccc1)c1ccccc1-c1ccccc1P(=O)(c1ccccc1)c1ccccc1.O=P1(c2ccccc2)c2ccccc2-c2ccccc2-c2ccccc21.O=S(=O)(OS(=O)(=O)C(F)(F)F)C(F)(F)F.O=S(=O)(Oc1ccccc1-c1ccccc1OS(=O)(=O)C(F)(F)F)C(F)(F)F.Oc1ccccc1-c1ccccc1O. The molecule has 16 nitrogen and oxygen atoms in total. The molecule has 14 aromatic rings. The first-order valence-electron chi connectivity index (χ1n) is 35.7. The molecule has 0 amide bonds. The molecule has 0 spiro atoms. The quantitative estimate of drug-likeness (QED) is 0.0394. The molecule has 0 saturated heterocycles. The highest BCUT2D eigenvalue weighted by molar-refractivity contribution is 8.00. The summed E-state index contributed by atoms with van der Waals surface area (Å²) in [5, 5.41) is 26.4. The summed E-state index contributed by atoms with van der Waals surface area (Å²) in [6.45, 7) is 0. The Labute approximate surface area is 705 Å². The summed E-state index contributed by atoms with van der Waals surface area (Å²) >= 11 is 0. The third-order valence-electron chi connectivity index (χ3n) is 18.2. The van der Waals surface area contributed by atoms with E-state index in [-0.39, 0.29) is 18.9 Å². The summed E-state index contributed by atoms with van der Waals surface area (Å²) in [4.78, 5) is 0. The van der Waals surface area contributed by atoms with Crippen LogP contribution in [-0.4, -0.2) is 65.9 Å². The normalized spacial score (nSPS) is 12.6. The van der Waals surface area contributed by atoms with Gasteiger partial charge in [-0.1, -0.05) is 353 Å². The zero-order valence-electron chi connectivity index (χ0n) is 62.8. The molecule has 0 saturated carbocycles. The van der Waals surface area contributed by atoms with E-state index < -0.39 is 107 Å². The van der Waals surface area contributed by atoms with Crippen molar-refractivity contribution >= 4 is 110 Å². The zero-order chi connectivity index (χ0) is 89.0. The third-order valence-corrected chi connectivity index (χ3v) is 32.1. The van der Waals surface area contributed by atoms with Crippen molar-refractivity contribution in [2.75, 3.05) is 0 Å². The Bertz CT molecular complexity index is 6300. The summed E-state index contributed by atoms with van der Waals surface area (Å²) in [5.41, 5.74) is -17.6. The molecular weight excluding hydrogens is 1770 g/mol. The van der Waals surface area contributed by atoms with E-state index in [1.807, 2.05) is 252 Å². The van der Waals surface area contributed by atoms with E-state index in [1.54, 1.807) is 36.4 Å². The largest absolute Gasteiger partial charge is 0.534 e. The summed E-state index contributed by atoms with van der Waals surface area (Å²) in [6, 6.07) is 111. The van der Waals surface area contributed by atoms with Gasteiger partial charge in [0.15, 0.2) is 32.9 Å². The van der Waals surface area contributed by atoms with E-state index in [4.69, 9.17) is 0 Å². The van der Waals surface area contributed by atoms with E-state index in [2.05, 4.69) is 44.8 Å². The Kier molecular flexibility index (Phi) is 29.1. The van der Waals surface area contributed by atoms with Gasteiger partial charge in [-0.25, -0.2) is 0 Å². The van der Waals surface area contributed by atoms with Crippen LogP contribution in [-0.2, 0) is 57.8 Å². The van der Waals surface area contributed by atoms with E-state index in [9.17, 15) is 101 Å². The van der Waals surface area contributed by atoms with E-state index in [0.717, 1.165) is 118 Å². The number of phenolic OH excluding ortho intramolecular Hbond substituents is 2. The van der Waals surface area contributed by atoms with Crippen molar-refractivity contribution in [3.8, 4) is 78.6 Å². The van der Waals surface area contributed by atoms with Gasteiger partial charge in [0.2, 0.25) is 0 Å². The summed E-state index contributed by atoms with van der Waals surface area (Å²) in [6.07, 6.45) is 0. The van der Waals surface area contributed by atoms with Gasteiger partial charge < -0.3 is 32.3 Å². The minimum atomic E-state index is -6.85. The summed E-state index contributed by atoms with van der Waals surface area (Å²) in [5.74, 6) is -1.46. The van der Waals surface area contributed by atoms with Gasteiger partial charge in [0, 0.05) is 70.0 Å². The highest BCUT2D eigenvalue weighted by Crippen LogP contribution is 2.53. The second-order valence-corrected chi connectivity index (χ2v) is 40.5. The molecular formula is C89H67F12O16P3S4. The third kappa shape index (κ3) is 20.4. The van der Waals surface area contributed by atoms with Crippen LogP contribution in [0, 0.1) is 0 Å². The van der Waals surface area contributed by atoms with Gasteiger partial charge in [0.25, 0.3) is 0 Å². The van der Waals surface area contributed by atoms with Crippen LogP contribution >= 0.6 is 21.4 Å². The van der Waals surface area contributed by atoms with Crippen molar-refractivity contribution in [1.82, 2.24) is 0 Å². The fourth-order valence-corrected chi connectivity index (χ4v) is 24.1. The second-order valence-electron chi connectivity index (χ2n) is 26.0. The molecule has 1 aliphatic heterocycles. The lowest BCUT2D eigenvalue weighted by atomic mass is 9.95. The Morgan fingerprint density at radius 1 is 0.250 bits per heavy atom. The summed E-state index contributed by atoms with van der Waals surface area (Å²) < 4.78 is 284. The number of fused-ring (bicyclic) bond motifs is 5. The van der Waals surface area contributed by atoms with Crippen LogP contribution in [0.3, 0.4) is 0 Å². The number of hydrogen-bond acceptors (Lipinski definition) is 16. The van der Waals surface area contributed by atoms with Crippen LogP contribution in [0.1, 0.15) is 7.43 Å². The van der Waals surface area contributed by atoms with Crippen LogP contribution in [0.15, 0.2) is 370 Å². The molecule has 0 fully saturated rings. The van der Waals surface area contributed by atoms with Crippen LogP contribution in [0.4, 0.5) is 52.7 Å². The summed E-state index contributed by atoms with van der Waals surface area (Å²) in [7, 11) is -35.4. The number of hydrogen-bond donors (Lipinski definition) is 2. The lowest BCUT2D eigenvalue weighted by Gasteiger charge is -2.26. The number of alkyl halides is 12. The van der Waals surface area contributed by atoms with Gasteiger partial charge >= 0.3 is 62.5 Å². The van der Waals surface area contributed by atoms with Crippen LogP contribution < -0.4 is 56.1 Å². The highest BCUT2D eigenvalue weighted by Gasteiger charge is 2.58. The first-order valence-corrected chi connectivity index (χ1v) is 46.5. The van der Waals surface area contributed by atoms with Crippen molar-refractivity contribution in [1.29, 1.82) is 0 Å². The smallest absolute Gasteiger partial charge is 0.507 e. The molecule has 2 N–H and O–H groups in total. The van der Waals surface area contributed by atoms with Crippen molar-refractivity contribution < 1.29 is 122 Å². The molecule has 15 rings (SSSR count). The van der Waals surface area contributed by atoms with Crippen LogP contribution in [0.5, 0.6) is 23.0 Å². The average molecular weight is 1840 g/mol. The van der Waals surface area contributed by atoms with Gasteiger partial charge in [-0.2, -0.15) is 86.4 Å². The monoisotopic (exact) mass is 1840 g/mol. The van der Waals surface area contributed by atoms with E-state index in [0.29, 0.717) is 11.1 Å². The molecule has 0 bridgehead atoms. The Morgan fingerprint density at radius 2 is 0.468 bits per heavy atom. The zero-order valence-corrected chi connectivity index (χ0v) is 68.8. The number of halogens is 12. The van der Waals surface area contributed by atoms with E-state index in [1.165, 1.54) is 12.1 Å². The molecule has 1 heterocycles. The number of benzene rings is 14. The molecule has 14 aromatic carbocycles. The maximum absolute atomic E-state index is 15.4. The van der Waals surface area contributed by atoms with Crippen molar-refractivity contribution in [2.45, 2.75) is 29.5 Å². The van der Waals surface area contributed by atoms with E-state index >= 15 is 9.13 Å². The van der Waals surface area contributed by atoms with Crippen molar-refractivity contribution in [3.05, 3.63) is 370 Å². The van der Waals surface area contributed by atoms with Crippen LogP contribution in [0.25, 0.3) is 55.6 Å². The first kappa shape index (κ1) is 94.1. The topological polar surface area (TPSA) is 256 Å². The molecule has 35 heteroatoms. The fraction of sp³-hybridized carbons (Fsp3) is 0.0562. The van der Waals surface area contributed by atoms with Gasteiger partial charge in [-0.15, -0.1) is 3.63 Å². The van der Waals surface area contributed by atoms with Crippen LogP contribution in [0.2, 0.25) is 0 Å². The first-order chi connectivity index (χ1) is 58.1. The van der Waals surface area contributed by atoms with Gasteiger partial charge in [0.1, 0.15) is 11.5 Å². The number of rotatable bonds is 16. The number of para-hydroxylation sites is 4. The molecule has 642 valence electrons. The Balaban J connectivity index is 0.000000170. The minimum absolute atomic E-state index is 0. The molecule has 0 unspecified atom stereocenters.